The van der Waals surface area contributed by atoms with Crippen molar-refractivity contribution >= 4 is 39.5 Å². The van der Waals surface area contributed by atoms with Gasteiger partial charge in [-0.25, -0.2) is 4.98 Å². The van der Waals surface area contributed by atoms with Crippen LogP contribution in [0.3, 0.4) is 0 Å². The van der Waals surface area contributed by atoms with E-state index in [1.54, 1.807) is 6.07 Å². The molecule has 18 heavy (non-hydrogen) atoms. The number of carbonyl (C=O) groups is 1. The average molecular weight is 253 g/mol. The average Bonchev–Trinajstić information content (AvgIpc) is 2.36. The first kappa shape index (κ1) is 11.2. The van der Waals surface area contributed by atoms with Crippen LogP contribution >= 0.6 is 12.6 Å². The molecule has 0 unspecified atom stereocenters. The molecule has 0 saturated heterocycles. The summed E-state index contributed by atoms with van der Waals surface area (Å²) in [5.74, 6) is 0. The molecule has 0 fully saturated rings. The largest absolute Gasteiger partial charge is 0.282 e. The predicted molar refractivity (Wildman–Crippen MR) is 77.3 cm³/mol. The van der Waals surface area contributed by atoms with Gasteiger partial charge in [-0.1, -0.05) is 30.3 Å². The minimum Gasteiger partial charge on any atom is -0.282 e. The van der Waals surface area contributed by atoms with Gasteiger partial charge in [0.25, 0.3) is 0 Å². The van der Waals surface area contributed by atoms with Crippen molar-refractivity contribution in [2.24, 2.45) is 0 Å². The highest BCUT2D eigenvalue weighted by molar-refractivity contribution is 7.97. The van der Waals surface area contributed by atoms with E-state index in [2.05, 4.69) is 23.7 Å². The van der Waals surface area contributed by atoms with E-state index >= 15 is 0 Å². The van der Waals surface area contributed by atoms with E-state index in [1.807, 2.05) is 37.3 Å². The molecule has 3 rings (SSSR count). The summed E-state index contributed by atoms with van der Waals surface area (Å²) in [6, 6.07) is 13.7. The fourth-order valence-corrected chi connectivity index (χ4v) is 2.39. The van der Waals surface area contributed by atoms with E-state index in [9.17, 15) is 4.79 Å². The second-order valence-corrected chi connectivity index (χ2v) is 4.72. The lowest BCUT2D eigenvalue weighted by molar-refractivity contribution is 0.109. The molecule has 0 saturated carbocycles. The van der Waals surface area contributed by atoms with E-state index in [4.69, 9.17) is 0 Å². The second kappa shape index (κ2) is 4.10. The number of para-hydroxylation sites is 2. The van der Waals surface area contributed by atoms with Gasteiger partial charge < -0.3 is 0 Å². The quantitative estimate of drug-likeness (QED) is 0.528. The van der Waals surface area contributed by atoms with Crippen LogP contribution in [0, 0.1) is 6.92 Å². The Bertz CT molecular complexity index is 780. The molecule has 3 heteroatoms. The van der Waals surface area contributed by atoms with Crippen LogP contribution in [-0.2, 0) is 0 Å². The number of aryl methyl sites for hydroxylation is 1. The summed E-state index contributed by atoms with van der Waals surface area (Å²) in [5.41, 5.74) is 3.32. The molecule has 0 atom stereocenters. The normalized spacial score (nSPS) is 11.0. The van der Waals surface area contributed by atoms with E-state index < -0.39 is 0 Å². The number of nitrogens with zero attached hydrogens (tertiary/aromatic N) is 1. The first-order chi connectivity index (χ1) is 8.66. The lowest BCUT2D eigenvalue weighted by atomic mass is 10.1. The molecule has 0 amide bonds. The first-order valence-corrected chi connectivity index (χ1v) is 6.14. The number of carbonyl (C=O) groups excluding carboxylic acids is 1. The van der Waals surface area contributed by atoms with Gasteiger partial charge in [0, 0.05) is 10.8 Å². The zero-order valence-corrected chi connectivity index (χ0v) is 10.7. The van der Waals surface area contributed by atoms with Crippen molar-refractivity contribution in [2.45, 2.75) is 6.92 Å². The van der Waals surface area contributed by atoms with Gasteiger partial charge in [0.15, 0.2) is 0 Å². The smallest absolute Gasteiger partial charge is 0.218 e. The summed E-state index contributed by atoms with van der Waals surface area (Å²) in [7, 11) is 0. The van der Waals surface area contributed by atoms with Crippen LogP contribution in [0.25, 0.3) is 21.8 Å². The molecule has 1 aromatic heterocycles. The Kier molecular flexibility index (Phi) is 2.56. The van der Waals surface area contributed by atoms with Crippen molar-refractivity contribution in [3.8, 4) is 0 Å². The SMILES string of the molecule is Cc1cccc2cc3cccc(C(=O)S)c3nc12. The highest BCUT2D eigenvalue weighted by Crippen LogP contribution is 2.24. The van der Waals surface area contributed by atoms with Gasteiger partial charge in [0.1, 0.15) is 0 Å². The zero-order valence-electron chi connectivity index (χ0n) is 9.84. The summed E-state index contributed by atoms with van der Waals surface area (Å²) in [5, 5.41) is 1.81. The van der Waals surface area contributed by atoms with Crippen LogP contribution in [-0.4, -0.2) is 10.1 Å². The molecule has 0 spiro atoms. The van der Waals surface area contributed by atoms with E-state index in [-0.39, 0.29) is 5.12 Å². The van der Waals surface area contributed by atoms with Gasteiger partial charge in [-0.3, -0.25) is 4.79 Å². The van der Waals surface area contributed by atoms with E-state index in [1.165, 1.54) is 0 Å². The van der Waals surface area contributed by atoms with Gasteiger partial charge >= 0.3 is 0 Å². The molecule has 0 radical (unpaired) electrons. The summed E-state index contributed by atoms with van der Waals surface area (Å²) in [6.45, 7) is 2.02. The minimum absolute atomic E-state index is 0.249. The molecule has 0 bridgehead atoms. The standard InChI is InChI=1S/C15H11NOS/c1-9-4-2-5-10-8-11-6-3-7-12(15(17)18)14(11)16-13(9)10/h2-8H,1H3,(H,17,18). The number of rotatable bonds is 1. The third-order valence-corrected chi connectivity index (χ3v) is 3.34. The molecule has 88 valence electrons. The summed E-state index contributed by atoms with van der Waals surface area (Å²) < 4.78 is 0. The lowest BCUT2D eigenvalue weighted by Gasteiger charge is -2.06. The van der Waals surface area contributed by atoms with Crippen LogP contribution in [0.15, 0.2) is 42.5 Å². The minimum atomic E-state index is -0.249. The summed E-state index contributed by atoms with van der Waals surface area (Å²) in [6.07, 6.45) is 0. The van der Waals surface area contributed by atoms with Crippen molar-refractivity contribution < 1.29 is 4.79 Å². The third-order valence-electron chi connectivity index (χ3n) is 3.10. The number of benzene rings is 2. The van der Waals surface area contributed by atoms with Crippen molar-refractivity contribution in [3.63, 3.8) is 0 Å². The molecule has 0 aliphatic carbocycles. The Hall–Kier alpha value is -1.87. The van der Waals surface area contributed by atoms with Crippen LogP contribution in [0.2, 0.25) is 0 Å². The van der Waals surface area contributed by atoms with Crippen molar-refractivity contribution in [3.05, 3.63) is 53.6 Å². The Morgan fingerprint density at radius 1 is 1.06 bits per heavy atom. The highest BCUT2D eigenvalue weighted by Gasteiger charge is 2.09. The molecule has 3 aromatic rings. The molecule has 0 N–H and O–H groups in total. The topological polar surface area (TPSA) is 30.0 Å². The number of aromatic nitrogens is 1. The van der Waals surface area contributed by atoms with E-state index in [0.717, 1.165) is 27.4 Å². The number of hydrogen-bond donors (Lipinski definition) is 1. The van der Waals surface area contributed by atoms with Gasteiger partial charge in [-0.05, 0) is 24.6 Å². The van der Waals surface area contributed by atoms with Gasteiger partial charge in [0.2, 0.25) is 5.12 Å². The monoisotopic (exact) mass is 253 g/mol. The van der Waals surface area contributed by atoms with Crippen LogP contribution < -0.4 is 0 Å². The molecule has 2 aromatic carbocycles. The van der Waals surface area contributed by atoms with E-state index in [0.29, 0.717) is 5.56 Å². The maximum Gasteiger partial charge on any atom is 0.218 e. The molecule has 1 heterocycles. The maximum absolute atomic E-state index is 11.5. The number of thiol groups is 1. The number of pyridine rings is 1. The summed E-state index contributed by atoms with van der Waals surface area (Å²) >= 11 is 3.90. The Morgan fingerprint density at radius 3 is 2.44 bits per heavy atom. The molecule has 2 nitrogen and oxygen atoms in total. The summed E-state index contributed by atoms with van der Waals surface area (Å²) in [4.78, 5) is 16.1. The lowest BCUT2D eigenvalue weighted by Crippen LogP contribution is -1.94. The van der Waals surface area contributed by atoms with Crippen molar-refractivity contribution in [2.75, 3.05) is 0 Å². The van der Waals surface area contributed by atoms with Crippen molar-refractivity contribution in [1.29, 1.82) is 0 Å². The first-order valence-electron chi connectivity index (χ1n) is 5.69. The Morgan fingerprint density at radius 2 is 1.72 bits per heavy atom. The predicted octanol–water partition coefficient (Wildman–Crippen LogP) is 3.77. The highest BCUT2D eigenvalue weighted by atomic mass is 32.1. The molecule has 0 aliphatic heterocycles. The fourth-order valence-electron chi connectivity index (χ4n) is 2.21. The van der Waals surface area contributed by atoms with Gasteiger partial charge in [-0.2, -0.15) is 0 Å². The number of hydrogen-bond acceptors (Lipinski definition) is 2. The Balaban J connectivity index is 2.50. The molecule has 0 aliphatic rings. The maximum atomic E-state index is 11.5. The molecular weight excluding hydrogens is 242 g/mol. The number of fused-ring (bicyclic) bond motifs is 2. The van der Waals surface area contributed by atoms with Crippen LogP contribution in [0.5, 0.6) is 0 Å². The zero-order chi connectivity index (χ0) is 12.7. The molecular formula is C15H11NOS. The van der Waals surface area contributed by atoms with Gasteiger partial charge in [-0.15, -0.1) is 12.6 Å². The Labute approximate surface area is 110 Å². The van der Waals surface area contributed by atoms with Crippen LogP contribution in [0.1, 0.15) is 15.9 Å². The van der Waals surface area contributed by atoms with Crippen molar-refractivity contribution in [1.82, 2.24) is 4.98 Å². The third kappa shape index (κ3) is 1.68. The van der Waals surface area contributed by atoms with Crippen LogP contribution in [0.4, 0.5) is 0 Å². The second-order valence-electron chi connectivity index (χ2n) is 4.32. The van der Waals surface area contributed by atoms with Gasteiger partial charge in [0.05, 0.1) is 16.6 Å². The fraction of sp³-hybridized carbons (Fsp3) is 0.0667.